The third-order valence-electron chi connectivity index (χ3n) is 2.77. The number of likely N-dealkylation sites (N-methyl/N-ethyl adjacent to an activating group) is 2. The lowest BCUT2D eigenvalue weighted by atomic mass is 10.1. The van der Waals surface area contributed by atoms with Crippen LogP contribution in [0, 0.1) is 0 Å². The SMILES string of the molecule is CCNC(=O)CN(CC)C(=O)c1cc(Br)cc(C(=O)O)c1. The lowest BCUT2D eigenvalue weighted by molar-refractivity contribution is -0.121. The fourth-order valence-electron chi connectivity index (χ4n) is 1.77. The minimum Gasteiger partial charge on any atom is -0.478 e. The van der Waals surface area contributed by atoms with Crippen molar-refractivity contribution in [3.8, 4) is 0 Å². The van der Waals surface area contributed by atoms with Gasteiger partial charge in [0.05, 0.1) is 12.1 Å². The van der Waals surface area contributed by atoms with Crippen LogP contribution in [0.3, 0.4) is 0 Å². The monoisotopic (exact) mass is 356 g/mol. The molecule has 0 unspecified atom stereocenters. The third-order valence-corrected chi connectivity index (χ3v) is 3.23. The number of carboxylic acid groups (broad SMARTS) is 1. The first-order valence-corrected chi connectivity index (χ1v) is 7.28. The predicted molar refractivity (Wildman–Crippen MR) is 81.4 cm³/mol. The summed E-state index contributed by atoms with van der Waals surface area (Å²) in [5.74, 6) is -1.74. The van der Waals surface area contributed by atoms with E-state index in [1.165, 1.54) is 23.1 Å². The molecule has 0 heterocycles. The van der Waals surface area contributed by atoms with E-state index in [4.69, 9.17) is 5.11 Å². The Bertz CT molecular complexity index is 560. The molecule has 0 saturated carbocycles. The molecule has 0 fully saturated rings. The largest absolute Gasteiger partial charge is 0.478 e. The number of nitrogens with zero attached hydrogens (tertiary/aromatic N) is 1. The van der Waals surface area contributed by atoms with E-state index >= 15 is 0 Å². The number of hydrogen-bond acceptors (Lipinski definition) is 3. The van der Waals surface area contributed by atoms with Crippen molar-refractivity contribution in [2.24, 2.45) is 0 Å². The Kier molecular flexibility index (Phi) is 6.36. The van der Waals surface area contributed by atoms with Gasteiger partial charge >= 0.3 is 5.97 Å². The molecule has 2 amide bonds. The molecule has 1 aromatic rings. The number of rotatable bonds is 6. The lowest BCUT2D eigenvalue weighted by Gasteiger charge is -2.20. The number of carbonyl (C=O) groups excluding carboxylic acids is 2. The molecular formula is C14H17BrN2O4. The molecule has 1 rings (SSSR count). The highest BCUT2D eigenvalue weighted by atomic mass is 79.9. The van der Waals surface area contributed by atoms with Crippen molar-refractivity contribution in [3.05, 3.63) is 33.8 Å². The Labute approximate surface area is 131 Å². The van der Waals surface area contributed by atoms with Crippen molar-refractivity contribution in [2.75, 3.05) is 19.6 Å². The molecule has 2 N–H and O–H groups in total. The van der Waals surface area contributed by atoms with Gasteiger partial charge in [0.15, 0.2) is 0 Å². The van der Waals surface area contributed by atoms with Gasteiger partial charge in [0, 0.05) is 23.1 Å². The molecule has 0 bridgehead atoms. The highest BCUT2D eigenvalue weighted by molar-refractivity contribution is 9.10. The molecule has 0 spiro atoms. The van der Waals surface area contributed by atoms with Crippen molar-refractivity contribution in [3.63, 3.8) is 0 Å². The molecule has 0 atom stereocenters. The van der Waals surface area contributed by atoms with Crippen LogP contribution in [0.5, 0.6) is 0 Å². The first-order valence-electron chi connectivity index (χ1n) is 6.48. The van der Waals surface area contributed by atoms with Crippen LogP contribution in [0.25, 0.3) is 0 Å². The summed E-state index contributed by atoms with van der Waals surface area (Å²) < 4.78 is 0.500. The van der Waals surface area contributed by atoms with Crippen LogP contribution >= 0.6 is 15.9 Å². The molecule has 1 aromatic carbocycles. The zero-order valence-corrected chi connectivity index (χ0v) is 13.4. The van der Waals surface area contributed by atoms with Crippen LogP contribution < -0.4 is 5.32 Å². The highest BCUT2D eigenvalue weighted by Crippen LogP contribution is 2.17. The van der Waals surface area contributed by atoms with Crippen molar-refractivity contribution in [1.29, 1.82) is 0 Å². The topological polar surface area (TPSA) is 86.7 Å². The predicted octanol–water partition coefficient (Wildman–Crippen LogP) is 1.75. The van der Waals surface area contributed by atoms with Gasteiger partial charge in [0.1, 0.15) is 0 Å². The molecule has 114 valence electrons. The number of amides is 2. The number of hydrogen-bond donors (Lipinski definition) is 2. The van der Waals surface area contributed by atoms with Crippen LogP contribution in [0.2, 0.25) is 0 Å². The van der Waals surface area contributed by atoms with Crippen molar-refractivity contribution >= 4 is 33.7 Å². The minimum absolute atomic E-state index is 0.0155. The normalized spacial score (nSPS) is 10.0. The molecule has 0 saturated heterocycles. The summed E-state index contributed by atoms with van der Waals surface area (Å²) in [6.45, 7) is 4.34. The molecule has 7 heteroatoms. The standard InChI is InChI=1S/C14H17BrN2O4/c1-3-16-12(18)8-17(4-2)13(19)9-5-10(14(20)21)7-11(15)6-9/h5-7H,3-4,8H2,1-2H3,(H,16,18)(H,20,21). The maximum atomic E-state index is 12.4. The summed E-state index contributed by atoms with van der Waals surface area (Å²) in [4.78, 5) is 36.3. The second kappa shape index (κ2) is 7.78. The van der Waals surface area contributed by atoms with Crippen LogP contribution in [-0.4, -0.2) is 47.4 Å². The van der Waals surface area contributed by atoms with Crippen molar-refractivity contribution < 1.29 is 19.5 Å². The Hall–Kier alpha value is -1.89. The van der Waals surface area contributed by atoms with E-state index in [1.807, 2.05) is 0 Å². The Morgan fingerprint density at radius 1 is 1.19 bits per heavy atom. The van der Waals surface area contributed by atoms with Gasteiger partial charge in [0.25, 0.3) is 5.91 Å². The van der Waals surface area contributed by atoms with E-state index in [0.717, 1.165) is 0 Å². The fraction of sp³-hybridized carbons (Fsp3) is 0.357. The Morgan fingerprint density at radius 2 is 1.81 bits per heavy atom. The summed E-state index contributed by atoms with van der Waals surface area (Å²) in [5, 5.41) is 11.6. The lowest BCUT2D eigenvalue weighted by Crippen LogP contribution is -2.40. The molecule has 0 aliphatic rings. The number of benzene rings is 1. The van der Waals surface area contributed by atoms with E-state index < -0.39 is 5.97 Å². The van der Waals surface area contributed by atoms with Crippen LogP contribution in [0.15, 0.2) is 22.7 Å². The smallest absolute Gasteiger partial charge is 0.335 e. The molecule has 0 aliphatic heterocycles. The maximum Gasteiger partial charge on any atom is 0.335 e. The van der Waals surface area contributed by atoms with Crippen molar-refractivity contribution in [1.82, 2.24) is 10.2 Å². The number of carboxylic acids is 1. The number of carbonyl (C=O) groups is 3. The van der Waals surface area contributed by atoms with Gasteiger partial charge in [0.2, 0.25) is 5.91 Å². The van der Waals surface area contributed by atoms with Crippen LogP contribution in [0.1, 0.15) is 34.6 Å². The third kappa shape index (κ3) is 4.86. The second-order valence-electron chi connectivity index (χ2n) is 4.31. The Morgan fingerprint density at radius 3 is 2.33 bits per heavy atom. The maximum absolute atomic E-state index is 12.4. The van der Waals surface area contributed by atoms with E-state index in [2.05, 4.69) is 21.2 Å². The van der Waals surface area contributed by atoms with E-state index in [0.29, 0.717) is 17.6 Å². The summed E-state index contributed by atoms with van der Waals surface area (Å²) in [5.41, 5.74) is 0.245. The molecule has 0 aromatic heterocycles. The number of halogens is 1. The van der Waals surface area contributed by atoms with Gasteiger partial charge in [-0.2, -0.15) is 0 Å². The van der Waals surface area contributed by atoms with Gasteiger partial charge in [-0.25, -0.2) is 4.79 Å². The van der Waals surface area contributed by atoms with Gasteiger partial charge in [-0.05, 0) is 32.0 Å². The van der Waals surface area contributed by atoms with Gasteiger partial charge < -0.3 is 15.3 Å². The van der Waals surface area contributed by atoms with Crippen LogP contribution in [0.4, 0.5) is 0 Å². The zero-order valence-electron chi connectivity index (χ0n) is 11.9. The van der Waals surface area contributed by atoms with E-state index in [-0.39, 0.29) is 29.5 Å². The second-order valence-corrected chi connectivity index (χ2v) is 5.22. The quantitative estimate of drug-likeness (QED) is 0.812. The van der Waals surface area contributed by atoms with Crippen LogP contribution in [-0.2, 0) is 4.79 Å². The Balaban J connectivity index is 2.99. The summed E-state index contributed by atoms with van der Waals surface area (Å²) in [7, 11) is 0. The first-order chi connectivity index (χ1) is 9.88. The molecule has 21 heavy (non-hydrogen) atoms. The first kappa shape index (κ1) is 17.2. The average molecular weight is 357 g/mol. The van der Waals surface area contributed by atoms with Gasteiger partial charge in [-0.15, -0.1) is 0 Å². The minimum atomic E-state index is -1.11. The van der Waals surface area contributed by atoms with E-state index in [9.17, 15) is 14.4 Å². The van der Waals surface area contributed by atoms with Gasteiger partial charge in [-0.3, -0.25) is 9.59 Å². The summed E-state index contributed by atoms with van der Waals surface area (Å²) >= 11 is 3.18. The summed E-state index contributed by atoms with van der Waals surface area (Å²) in [6, 6.07) is 4.25. The van der Waals surface area contributed by atoms with Gasteiger partial charge in [-0.1, -0.05) is 15.9 Å². The van der Waals surface area contributed by atoms with E-state index in [1.54, 1.807) is 13.8 Å². The number of nitrogens with one attached hydrogen (secondary N) is 1. The molecular weight excluding hydrogens is 340 g/mol. The average Bonchev–Trinajstić information content (AvgIpc) is 2.43. The zero-order chi connectivity index (χ0) is 16.0. The fourth-order valence-corrected chi connectivity index (χ4v) is 2.27. The molecule has 6 nitrogen and oxygen atoms in total. The number of aromatic carboxylic acids is 1. The summed E-state index contributed by atoms with van der Waals surface area (Å²) in [6.07, 6.45) is 0. The van der Waals surface area contributed by atoms with Crippen molar-refractivity contribution in [2.45, 2.75) is 13.8 Å². The molecule has 0 radical (unpaired) electrons. The molecule has 0 aliphatic carbocycles. The highest BCUT2D eigenvalue weighted by Gasteiger charge is 2.19.